The summed E-state index contributed by atoms with van der Waals surface area (Å²) in [5.41, 5.74) is 4.93. The van der Waals surface area contributed by atoms with Crippen LogP contribution in [0.3, 0.4) is 0 Å². The molecule has 1 atom stereocenters. The van der Waals surface area contributed by atoms with E-state index in [1.807, 2.05) is 31.2 Å². The number of aromatic hydroxyl groups is 1. The van der Waals surface area contributed by atoms with Crippen molar-refractivity contribution in [2.75, 3.05) is 65.1 Å². The summed E-state index contributed by atoms with van der Waals surface area (Å²) in [6.07, 6.45) is 2.20. The Morgan fingerprint density at radius 2 is 2.12 bits per heavy atom. The van der Waals surface area contributed by atoms with Gasteiger partial charge in [0.1, 0.15) is 11.8 Å². The summed E-state index contributed by atoms with van der Waals surface area (Å²) in [5.74, 6) is 0.164. The predicted molar refractivity (Wildman–Crippen MR) is 123 cm³/mol. The number of hydrazone groups is 1. The van der Waals surface area contributed by atoms with Crippen molar-refractivity contribution < 1.29 is 19.7 Å². The first kappa shape index (κ1) is 22.5. The molecule has 4 rings (SSSR count). The molecule has 0 fully saturated rings. The largest absolute Gasteiger partial charge is 0.508 e. The zero-order valence-electron chi connectivity index (χ0n) is 18.6. The van der Waals surface area contributed by atoms with Gasteiger partial charge in [-0.2, -0.15) is 5.10 Å². The third-order valence-electron chi connectivity index (χ3n) is 5.84. The molecule has 1 aromatic rings. The summed E-state index contributed by atoms with van der Waals surface area (Å²) in [5, 5.41) is 32.7. The summed E-state index contributed by atoms with van der Waals surface area (Å²) in [6, 6.07) is 5.31. The Bertz CT molecular complexity index is 969. The number of allylic oxidation sites excluding steroid dienone is 1. The number of fused-ring (bicyclic) bond motifs is 2. The van der Waals surface area contributed by atoms with Crippen molar-refractivity contribution in [2.45, 2.75) is 12.5 Å². The number of carbonyl (C=O) groups is 1. The molecule has 1 unspecified atom stereocenters. The minimum absolute atomic E-state index is 0.00459. The van der Waals surface area contributed by atoms with E-state index in [2.05, 4.69) is 15.5 Å². The van der Waals surface area contributed by atoms with Crippen molar-refractivity contribution in [1.82, 2.24) is 15.5 Å². The van der Waals surface area contributed by atoms with Crippen molar-refractivity contribution >= 4 is 17.2 Å². The average Bonchev–Trinajstić information content (AvgIpc) is 3.12. The van der Waals surface area contributed by atoms with Crippen LogP contribution in [-0.2, 0) is 16.0 Å². The SMILES string of the molecule is CN(C)CCNC1=C2Cc3c(O)cccc3N3N=C(CNCCOCCO)C(=CC1=O)C23. The molecule has 172 valence electrons. The molecule has 1 aliphatic carbocycles. The Kier molecular flexibility index (Phi) is 6.90. The molecule has 0 aromatic heterocycles. The number of hydrogen-bond donors (Lipinski definition) is 4. The van der Waals surface area contributed by atoms with Gasteiger partial charge in [0.2, 0.25) is 5.78 Å². The van der Waals surface area contributed by atoms with Crippen molar-refractivity contribution in [2.24, 2.45) is 5.10 Å². The number of aliphatic hydroxyl groups is 1. The minimum Gasteiger partial charge on any atom is -0.508 e. The predicted octanol–water partition coefficient (Wildman–Crippen LogP) is 0.00580. The van der Waals surface area contributed by atoms with E-state index in [1.54, 1.807) is 12.1 Å². The summed E-state index contributed by atoms with van der Waals surface area (Å²) in [7, 11) is 3.99. The van der Waals surface area contributed by atoms with Crippen LogP contribution in [0.1, 0.15) is 5.56 Å². The Hall–Kier alpha value is -2.72. The van der Waals surface area contributed by atoms with Crippen LogP contribution < -0.4 is 15.6 Å². The fraction of sp³-hybridized carbons (Fsp3) is 0.478. The quantitative estimate of drug-likeness (QED) is 0.356. The number of aliphatic hydroxyl groups excluding tert-OH is 1. The van der Waals surface area contributed by atoms with Crippen molar-refractivity contribution in [3.05, 3.63) is 46.7 Å². The molecular formula is C23H31N5O4. The third-order valence-corrected chi connectivity index (χ3v) is 5.84. The zero-order chi connectivity index (χ0) is 22.7. The number of hydrogen-bond acceptors (Lipinski definition) is 9. The highest BCUT2D eigenvalue weighted by Crippen LogP contribution is 2.45. The lowest BCUT2D eigenvalue weighted by Gasteiger charge is -2.37. The maximum absolute atomic E-state index is 13.1. The highest BCUT2D eigenvalue weighted by atomic mass is 16.5. The molecule has 0 saturated heterocycles. The van der Waals surface area contributed by atoms with Crippen molar-refractivity contribution in [3.8, 4) is 5.75 Å². The molecule has 2 heterocycles. The maximum Gasteiger partial charge on any atom is 0.202 e. The molecule has 32 heavy (non-hydrogen) atoms. The molecule has 0 bridgehead atoms. The van der Waals surface area contributed by atoms with Gasteiger partial charge in [-0.15, -0.1) is 0 Å². The number of rotatable bonds is 11. The minimum atomic E-state index is -0.147. The van der Waals surface area contributed by atoms with Gasteiger partial charge in [-0.05, 0) is 37.9 Å². The Morgan fingerprint density at radius 3 is 2.91 bits per heavy atom. The Morgan fingerprint density at radius 1 is 1.28 bits per heavy atom. The van der Waals surface area contributed by atoms with Crippen LogP contribution in [0, 0.1) is 0 Å². The lowest BCUT2D eigenvalue weighted by Crippen LogP contribution is -2.42. The highest BCUT2D eigenvalue weighted by molar-refractivity contribution is 6.17. The van der Waals surface area contributed by atoms with Crippen molar-refractivity contribution in [1.29, 1.82) is 0 Å². The van der Waals surface area contributed by atoms with Gasteiger partial charge in [0.15, 0.2) is 0 Å². The third kappa shape index (κ3) is 4.42. The standard InChI is InChI=1S/C23H31N5O4/c1-27(2)8-6-25-22-17-12-16-19(4-3-5-20(16)30)28-23(17)15(13-21(22)31)18(26-28)14-24-7-10-32-11-9-29/h3-5,13,23-25,29-30H,6-12,14H2,1-2H3. The van der Waals surface area contributed by atoms with E-state index in [1.165, 1.54) is 0 Å². The Balaban J connectivity index is 1.60. The van der Waals surface area contributed by atoms with E-state index < -0.39 is 0 Å². The molecule has 0 radical (unpaired) electrons. The highest BCUT2D eigenvalue weighted by Gasteiger charge is 2.44. The van der Waals surface area contributed by atoms with E-state index in [-0.39, 0.29) is 24.2 Å². The lowest BCUT2D eigenvalue weighted by atomic mass is 9.81. The summed E-state index contributed by atoms with van der Waals surface area (Å²) in [6.45, 7) is 3.38. The number of nitrogens with one attached hydrogen (secondary N) is 2. The topological polar surface area (TPSA) is 110 Å². The molecular weight excluding hydrogens is 410 g/mol. The van der Waals surface area contributed by atoms with Gasteiger partial charge >= 0.3 is 0 Å². The van der Waals surface area contributed by atoms with Crippen LogP contribution in [0.4, 0.5) is 5.69 Å². The van der Waals surface area contributed by atoms with Gasteiger partial charge in [-0.3, -0.25) is 9.80 Å². The molecule has 0 saturated carbocycles. The van der Waals surface area contributed by atoms with Gasteiger partial charge in [0.05, 0.1) is 36.9 Å². The van der Waals surface area contributed by atoms with Crippen LogP contribution in [0.5, 0.6) is 5.75 Å². The number of carbonyl (C=O) groups excluding carboxylic acids is 1. The molecule has 9 nitrogen and oxygen atoms in total. The van der Waals surface area contributed by atoms with Gasteiger partial charge in [0.25, 0.3) is 0 Å². The fourth-order valence-electron chi connectivity index (χ4n) is 4.33. The molecule has 3 aliphatic rings. The molecule has 4 N–H and O–H groups in total. The van der Waals surface area contributed by atoms with E-state index in [9.17, 15) is 9.90 Å². The summed E-state index contributed by atoms with van der Waals surface area (Å²) in [4.78, 5) is 15.2. The van der Waals surface area contributed by atoms with Crippen LogP contribution in [0.15, 0.2) is 46.2 Å². The van der Waals surface area contributed by atoms with E-state index >= 15 is 0 Å². The molecule has 9 heteroatoms. The summed E-state index contributed by atoms with van der Waals surface area (Å²) >= 11 is 0. The van der Waals surface area contributed by atoms with Crippen molar-refractivity contribution in [3.63, 3.8) is 0 Å². The maximum atomic E-state index is 13.1. The average molecular weight is 442 g/mol. The van der Waals surface area contributed by atoms with Gasteiger partial charge in [-0.25, -0.2) is 0 Å². The second-order valence-corrected chi connectivity index (χ2v) is 8.35. The number of anilines is 1. The van der Waals surface area contributed by atoms with Gasteiger partial charge in [0, 0.05) is 43.7 Å². The van der Waals surface area contributed by atoms with E-state index in [0.29, 0.717) is 45.0 Å². The molecule has 0 spiro atoms. The number of ether oxygens (including phenoxy) is 1. The number of phenolic OH excluding ortho intramolecular Hbond substituents is 1. The second kappa shape index (κ2) is 9.83. The first-order valence-corrected chi connectivity index (χ1v) is 11.0. The zero-order valence-corrected chi connectivity index (χ0v) is 18.6. The van der Waals surface area contributed by atoms with E-state index in [4.69, 9.17) is 14.9 Å². The fourth-order valence-corrected chi connectivity index (χ4v) is 4.33. The second-order valence-electron chi connectivity index (χ2n) is 8.35. The smallest absolute Gasteiger partial charge is 0.202 e. The normalized spacial score (nSPS) is 19.2. The number of likely N-dealkylation sites (N-methyl/N-ethyl adjacent to an activating group) is 1. The van der Waals surface area contributed by atoms with Crippen LogP contribution in [0.25, 0.3) is 0 Å². The number of nitrogens with zero attached hydrogens (tertiary/aromatic N) is 3. The first-order valence-electron chi connectivity index (χ1n) is 11.0. The molecule has 0 amide bonds. The van der Waals surface area contributed by atoms with Gasteiger partial charge in [-0.1, -0.05) is 6.07 Å². The number of phenols is 1. The van der Waals surface area contributed by atoms with Crippen LogP contribution in [0.2, 0.25) is 0 Å². The van der Waals surface area contributed by atoms with Crippen LogP contribution >= 0.6 is 0 Å². The van der Waals surface area contributed by atoms with Gasteiger partial charge < -0.3 is 30.5 Å². The number of ketones is 1. The molecule has 1 aromatic carbocycles. The monoisotopic (exact) mass is 441 g/mol. The Labute approximate surface area is 188 Å². The summed E-state index contributed by atoms with van der Waals surface area (Å²) < 4.78 is 5.29. The first-order chi connectivity index (χ1) is 15.5. The van der Waals surface area contributed by atoms with Crippen LogP contribution in [-0.4, -0.2) is 92.7 Å². The number of benzene rings is 1. The lowest BCUT2D eigenvalue weighted by molar-refractivity contribution is -0.111. The van der Waals surface area contributed by atoms with E-state index in [0.717, 1.165) is 34.7 Å². The molecule has 2 aliphatic heterocycles.